The third kappa shape index (κ3) is 7.41. The Morgan fingerprint density at radius 2 is 1.64 bits per heavy atom. The lowest BCUT2D eigenvalue weighted by molar-refractivity contribution is 0.0624. The van der Waals surface area contributed by atoms with Crippen LogP contribution in [0.25, 0.3) is 10.9 Å². The number of nitrogens with zero attached hydrogens (tertiary/aromatic N) is 3. The smallest absolute Gasteiger partial charge is 0.272 e. The molecule has 13 heteroatoms. The first kappa shape index (κ1) is 33.9. The van der Waals surface area contributed by atoms with Gasteiger partial charge in [-0.1, -0.05) is 39.0 Å². The van der Waals surface area contributed by atoms with Gasteiger partial charge in [0, 0.05) is 51.2 Å². The molecule has 10 nitrogen and oxygen atoms in total. The van der Waals surface area contributed by atoms with Crippen LogP contribution in [0, 0.1) is 11.6 Å². The van der Waals surface area contributed by atoms with Gasteiger partial charge in [-0.2, -0.15) is 0 Å². The number of rotatable bonds is 8. The van der Waals surface area contributed by atoms with Crippen LogP contribution in [-0.2, 0) is 29.0 Å². The fourth-order valence-corrected chi connectivity index (χ4v) is 6.42. The van der Waals surface area contributed by atoms with Gasteiger partial charge in [0.25, 0.3) is 11.8 Å². The Balaban J connectivity index is 1.36. The van der Waals surface area contributed by atoms with Gasteiger partial charge in [0.05, 0.1) is 35.8 Å². The number of aryl methyl sites for hydroxylation is 1. The van der Waals surface area contributed by atoms with Crippen LogP contribution >= 0.6 is 0 Å². The first-order chi connectivity index (χ1) is 22.1. The van der Waals surface area contributed by atoms with E-state index in [9.17, 15) is 26.8 Å². The van der Waals surface area contributed by atoms with E-state index in [-0.39, 0.29) is 22.4 Å². The van der Waals surface area contributed by atoms with Crippen molar-refractivity contribution < 1.29 is 31.5 Å². The molecule has 2 amide bonds. The Labute approximate surface area is 273 Å². The number of anilines is 2. The van der Waals surface area contributed by atoms with Crippen LogP contribution in [0.3, 0.4) is 0 Å². The Hall–Kier alpha value is -4.49. The highest BCUT2D eigenvalue weighted by Gasteiger charge is 2.26. The molecule has 0 radical (unpaired) electrons. The number of methoxy groups -OCH3 is 1. The topological polar surface area (TPSA) is 113 Å². The second kappa shape index (κ2) is 13.0. The molecule has 1 aliphatic heterocycles. The predicted octanol–water partition coefficient (Wildman–Crippen LogP) is 5.34. The second-order valence-electron chi connectivity index (χ2n) is 12.8. The number of benzene rings is 3. The van der Waals surface area contributed by atoms with Gasteiger partial charge < -0.3 is 19.5 Å². The maximum Gasteiger partial charge on any atom is 0.272 e. The van der Waals surface area contributed by atoms with Crippen LogP contribution in [0.15, 0.2) is 54.6 Å². The Morgan fingerprint density at radius 1 is 0.957 bits per heavy atom. The molecule has 0 saturated carbocycles. The Morgan fingerprint density at radius 3 is 2.26 bits per heavy atom. The van der Waals surface area contributed by atoms with Gasteiger partial charge in [0.15, 0.2) is 5.75 Å². The van der Waals surface area contributed by atoms with E-state index in [1.165, 1.54) is 13.2 Å². The van der Waals surface area contributed by atoms with Crippen LogP contribution in [0.4, 0.5) is 20.2 Å². The van der Waals surface area contributed by atoms with Gasteiger partial charge in [0.2, 0.25) is 10.0 Å². The number of carbonyl (C=O) groups excluding carboxylic acids is 2. The summed E-state index contributed by atoms with van der Waals surface area (Å²) in [5.74, 6) is -2.28. The largest absolute Gasteiger partial charge is 0.492 e. The number of carbonyl (C=O) groups is 2. The third-order valence-corrected chi connectivity index (χ3v) is 8.88. The van der Waals surface area contributed by atoms with Crippen molar-refractivity contribution >= 4 is 44.1 Å². The van der Waals surface area contributed by atoms with Crippen molar-refractivity contribution in [3.63, 3.8) is 0 Å². The van der Waals surface area contributed by atoms with Crippen molar-refractivity contribution in [2.24, 2.45) is 7.05 Å². The summed E-state index contributed by atoms with van der Waals surface area (Å²) in [7, 11) is -0.406. The lowest BCUT2D eigenvalue weighted by atomic mass is 9.86. The van der Waals surface area contributed by atoms with Gasteiger partial charge in [-0.3, -0.25) is 19.2 Å². The molecule has 4 aromatic rings. The molecule has 3 aromatic carbocycles. The number of ether oxygens (including phenoxy) is 1. The number of sulfonamides is 1. The summed E-state index contributed by atoms with van der Waals surface area (Å²) in [6, 6.07) is 14.1. The van der Waals surface area contributed by atoms with E-state index in [0.29, 0.717) is 50.2 Å². The third-order valence-electron chi connectivity index (χ3n) is 8.29. The van der Waals surface area contributed by atoms with Crippen molar-refractivity contribution in [2.45, 2.75) is 32.7 Å². The van der Waals surface area contributed by atoms with E-state index in [1.807, 2.05) is 50.6 Å². The molecular weight excluding hydrogens is 628 g/mol. The summed E-state index contributed by atoms with van der Waals surface area (Å²) < 4.78 is 61.7. The van der Waals surface area contributed by atoms with Crippen molar-refractivity contribution in [1.82, 2.24) is 14.4 Å². The fraction of sp³-hybridized carbons (Fsp3) is 0.353. The number of para-hydroxylation sites is 1. The van der Waals surface area contributed by atoms with Gasteiger partial charge in [-0.15, -0.1) is 0 Å². The second-order valence-corrected chi connectivity index (χ2v) is 14.6. The quantitative estimate of drug-likeness (QED) is 0.262. The highest BCUT2D eigenvalue weighted by atomic mass is 32.2. The molecule has 250 valence electrons. The van der Waals surface area contributed by atoms with Gasteiger partial charge in [-0.05, 0) is 46.9 Å². The van der Waals surface area contributed by atoms with Crippen LogP contribution in [0.2, 0.25) is 0 Å². The van der Waals surface area contributed by atoms with Crippen LogP contribution in [0.1, 0.15) is 52.7 Å². The summed E-state index contributed by atoms with van der Waals surface area (Å²) >= 11 is 0. The summed E-state index contributed by atoms with van der Waals surface area (Å²) in [5, 5.41) is 3.81. The minimum absolute atomic E-state index is 0.148. The lowest BCUT2D eigenvalue weighted by Crippen LogP contribution is -2.48. The van der Waals surface area contributed by atoms with Crippen molar-refractivity contribution in [1.29, 1.82) is 0 Å². The number of amides is 2. The summed E-state index contributed by atoms with van der Waals surface area (Å²) in [4.78, 5) is 30.4. The summed E-state index contributed by atoms with van der Waals surface area (Å²) in [6.07, 6.45) is 1.05. The molecule has 0 bridgehead atoms. The summed E-state index contributed by atoms with van der Waals surface area (Å²) in [6.45, 7) is 8.39. The maximum atomic E-state index is 14.2. The lowest BCUT2D eigenvalue weighted by Gasteiger charge is -2.35. The molecule has 0 spiro atoms. The predicted molar refractivity (Wildman–Crippen MR) is 179 cm³/mol. The van der Waals surface area contributed by atoms with E-state index in [0.717, 1.165) is 34.4 Å². The average molecular weight is 668 g/mol. The Bertz CT molecular complexity index is 1960. The highest BCUT2D eigenvalue weighted by molar-refractivity contribution is 7.92. The number of hydrogen-bond acceptors (Lipinski definition) is 6. The van der Waals surface area contributed by atoms with Gasteiger partial charge >= 0.3 is 0 Å². The first-order valence-electron chi connectivity index (χ1n) is 15.1. The molecule has 1 fully saturated rings. The van der Waals surface area contributed by atoms with Crippen molar-refractivity contribution in [3.05, 3.63) is 88.6 Å². The van der Waals surface area contributed by atoms with Crippen LogP contribution in [0.5, 0.6) is 5.75 Å². The van der Waals surface area contributed by atoms with E-state index < -0.39 is 33.5 Å². The SMILES string of the molecule is COc1c(NC(=O)c2cc3cccc(CN4CCN(C(=O)c5ccc(F)cc5F)CC4)c3n2C)cc(C(C)(C)C)cc1NS(C)(=O)=O. The molecule has 2 heterocycles. The molecule has 0 atom stereocenters. The number of fused-ring (bicyclic) bond motifs is 1. The molecule has 0 unspecified atom stereocenters. The zero-order chi connectivity index (χ0) is 34.3. The van der Waals surface area contributed by atoms with Crippen molar-refractivity contribution in [3.8, 4) is 5.75 Å². The molecule has 1 aromatic heterocycles. The Kier molecular flexibility index (Phi) is 9.33. The zero-order valence-electron chi connectivity index (χ0n) is 27.3. The molecule has 2 N–H and O–H groups in total. The molecule has 0 aliphatic carbocycles. The molecule has 1 aliphatic rings. The normalized spacial score (nSPS) is 14.3. The van der Waals surface area contributed by atoms with Crippen LogP contribution in [-0.4, -0.2) is 74.1 Å². The molecule has 5 rings (SSSR count). The summed E-state index contributed by atoms with van der Waals surface area (Å²) in [5.41, 5.74) is 3.10. The number of hydrogen-bond donors (Lipinski definition) is 2. The fourth-order valence-electron chi connectivity index (χ4n) is 5.87. The maximum absolute atomic E-state index is 14.2. The van der Waals surface area contributed by atoms with Gasteiger partial charge in [-0.25, -0.2) is 17.2 Å². The highest BCUT2D eigenvalue weighted by Crippen LogP contribution is 2.39. The minimum Gasteiger partial charge on any atom is -0.492 e. The monoisotopic (exact) mass is 667 g/mol. The van der Waals surface area contributed by atoms with Crippen molar-refractivity contribution in [2.75, 3.05) is 49.6 Å². The van der Waals surface area contributed by atoms with Gasteiger partial charge in [0.1, 0.15) is 17.3 Å². The van der Waals surface area contributed by atoms with E-state index in [4.69, 9.17) is 4.74 Å². The molecule has 47 heavy (non-hydrogen) atoms. The molecular formula is C34H39F2N5O5S. The standard InChI is InChI=1S/C34H39F2N5O5S/c1-34(2,3)23-17-27(31(46-5)28(18-23)38-47(6,44)45)37-32(42)29-16-21-8-7-9-22(30(21)39(29)4)20-40-12-14-41(15-13-40)33(43)25-11-10-24(35)19-26(25)36/h7-11,16-19,38H,12-15,20H2,1-6H3,(H,37,42). The number of halogens is 2. The number of aromatic nitrogens is 1. The first-order valence-corrected chi connectivity index (χ1v) is 17.0. The minimum atomic E-state index is -3.63. The zero-order valence-corrected chi connectivity index (χ0v) is 28.1. The molecule has 1 saturated heterocycles. The van der Waals surface area contributed by atoms with E-state index in [1.54, 1.807) is 23.1 Å². The van der Waals surface area contributed by atoms with E-state index in [2.05, 4.69) is 14.9 Å². The number of piperazine rings is 1. The van der Waals surface area contributed by atoms with Crippen LogP contribution < -0.4 is 14.8 Å². The van der Waals surface area contributed by atoms with E-state index >= 15 is 0 Å². The number of nitrogens with one attached hydrogen (secondary N) is 2. The average Bonchev–Trinajstić information content (AvgIpc) is 3.33.